The van der Waals surface area contributed by atoms with Gasteiger partial charge < -0.3 is 9.47 Å². The minimum atomic E-state index is -0.134. The largest absolute Gasteiger partial charge is 0.463 e. The molecule has 1 aliphatic heterocycles. The third-order valence-corrected chi connectivity index (χ3v) is 11.2. The predicted octanol–water partition coefficient (Wildman–Crippen LogP) is 7.11. The molecular weight excluding hydrogens is 408 g/mol. The molecule has 0 aromatic rings. The highest BCUT2D eigenvalue weighted by molar-refractivity contribution is 5.66. The Kier molecular flexibility index (Phi) is 5.71. The van der Waals surface area contributed by atoms with E-state index in [0.29, 0.717) is 41.1 Å². The van der Waals surface area contributed by atoms with E-state index in [2.05, 4.69) is 59.8 Å². The van der Waals surface area contributed by atoms with Crippen LogP contribution in [0.4, 0.5) is 0 Å². The van der Waals surface area contributed by atoms with Crippen molar-refractivity contribution in [1.29, 1.82) is 0 Å². The van der Waals surface area contributed by atoms with Gasteiger partial charge in [-0.2, -0.15) is 0 Å². The highest BCUT2D eigenvalue weighted by Gasteiger charge is 2.77. The number of esters is 1. The summed E-state index contributed by atoms with van der Waals surface area (Å²) in [6.45, 7) is 16.1. The molecule has 0 amide bonds. The maximum atomic E-state index is 11.6. The van der Waals surface area contributed by atoms with E-state index in [1.807, 2.05) is 0 Å². The molecule has 0 N–H and O–H groups in total. The number of hydrogen-bond donors (Lipinski definition) is 0. The van der Waals surface area contributed by atoms with Crippen molar-refractivity contribution in [2.24, 2.45) is 46.3 Å². The Morgan fingerprint density at radius 2 is 1.91 bits per heavy atom. The lowest BCUT2D eigenvalue weighted by molar-refractivity contribution is -0.152. The average Bonchev–Trinajstić information content (AvgIpc) is 3.36. The molecule has 0 aromatic heterocycles. The number of carbonyl (C=O) groups excluding carboxylic acids is 1. The minimum absolute atomic E-state index is 0.0264. The zero-order valence-electron chi connectivity index (χ0n) is 22.0. The first-order valence-corrected chi connectivity index (χ1v) is 13.8. The van der Waals surface area contributed by atoms with Crippen molar-refractivity contribution >= 4 is 5.97 Å². The van der Waals surface area contributed by atoms with Gasteiger partial charge in [0.25, 0.3) is 0 Å². The number of ether oxygens (including phenoxy) is 2. The van der Waals surface area contributed by atoms with Crippen LogP contribution in [0.25, 0.3) is 0 Å². The topological polar surface area (TPSA) is 38.8 Å². The second kappa shape index (κ2) is 7.97. The van der Waals surface area contributed by atoms with Crippen LogP contribution >= 0.6 is 0 Å². The Morgan fingerprint density at radius 3 is 2.61 bits per heavy atom. The van der Waals surface area contributed by atoms with Gasteiger partial charge in [0.15, 0.2) is 0 Å². The molecule has 1 spiro atoms. The van der Waals surface area contributed by atoms with Crippen LogP contribution in [0, 0.1) is 46.3 Å². The Bertz CT molecular complexity index is 857. The van der Waals surface area contributed by atoms with Gasteiger partial charge in [0.2, 0.25) is 0 Å². The summed E-state index contributed by atoms with van der Waals surface area (Å²) in [5.74, 6) is 3.81. The molecule has 33 heavy (non-hydrogen) atoms. The van der Waals surface area contributed by atoms with Crippen molar-refractivity contribution in [2.75, 3.05) is 0 Å². The summed E-state index contributed by atoms with van der Waals surface area (Å²) < 4.78 is 12.5. The molecule has 5 aliphatic rings. The van der Waals surface area contributed by atoms with Crippen LogP contribution in [0.3, 0.4) is 0 Å². The number of hydrogen-bond acceptors (Lipinski definition) is 3. The molecule has 10 atom stereocenters. The first kappa shape index (κ1) is 23.6. The van der Waals surface area contributed by atoms with Gasteiger partial charge >= 0.3 is 5.97 Å². The van der Waals surface area contributed by atoms with Crippen LogP contribution in [0.15, 0.2) is 23.8 Å². The fourth-order valence-corrected chi connectivity index (χ4v) is 8.87. The lowest BCUT2D eigenvalue weighted by Gasteiger charge is -2.55. The standard InChI is InChI=1S/C30H46O3/c1-18(2)19(3)8-9-20(4)24-12-13-25-26-11-10-22-16-23(32-21(5)31)14-15-29(22,7)30(26)27(33-30)17-28(24,25)6/h8-9,11,18-20,22-25,27H,10,12-17H2,1-7H3/b9-8+/t19-,20+,22-,23+,24+,25-,27+,28-,29+,30-/m0/s1. The quantitative estimate of drug-likeness (QED) is 0.252. The Balaban J connectivity index is 1.38. The van der Waals surface area contributed by atoms with Crippen LogP contribution < -0.4 is 0 Å². The first-order valence-electron chi connectivity index (χ1n) is 13.8. The highest BCUT2D eigenvalue weighted by Crippen LogP contribution is 2.75. The number of fused-ring (bicyclic) bond motifs is 3. The number of carbonyl (C=O) groups is 1. The lowest BCUT2D eigenvalue weighted by atomic mass is 9.47. The Morgan fingerprint density at radius 1 is 1.15 bits per heavy atom. The monoisotopic (exact) mass is 454 g/mol. The molecule has 3 saturated carbocycles. The molecular formula is C30H46O3. The number of rotatable bonds is 5. The minimum Gasteiger partial charge on any atom is -0.463 e. The molecule has 0 unspecified atom stereocenters. The SMILES string of the molecule is CC(=O)O[C@@H]1CC[C@]2(C)[C@@H](CC=C3[C@@H]4CC[C@H]([C@H](C)/C=C/[C@H](C)C(C)C)[C@]4(C)C[C@H]4O[C@@]342)C1. The molecule has 5 rings (SSSR count). The van der Waals surface area contributed by atoms with E-state index >= 15 is 0 Å². The van der Waals surface area contributed by atoms with Gasteiger partial charge in [-0.05, 0) is 91.4 Å². The smallest absolute Gasteiger partial charge is 0.302 e. The summed E-state index contributed by atoms with van der Waals surface area (Å²) in [5.41, 5.74) is 2.18. The van der Waals surface area contributed by atoms with E-state index < -0.39 is 0 Å². The van der Waals surface area contributed by atoms with Crippen LogP contribution in [0.2, 0.25) is 0 Å². The van der Waals surface area contributed by atoms with Gasteiger partial charge in [0.1, 0.15) is 11.7 Å². The summed E-state index contributed by atoms with van der Waals surface area (Å²) in [7, 11) is 0. The Hall–Kier alpha value is -1.09. The van der Waals surface area contributed by atoms with E-state index in [1.54, 1.807) is 12.5 Å². The zero-order valence-corrected chi connectivity index (χ0v) is 22.0. The summed E-state index contributed by atoms with van der Waals surface area (Å²) >= 11 is 0. The molecule has 3 heteroatoms. The van der Waals surface area contributed by atoms with Crippen molar-refractivity contribution in [3.8, 4) is 0 Å². The number of allylic oxidation sites excluding steroid dienone is 3. The van der Waals surface area contributed by atoms with Crippen molar-refractivity contribution in [2.45, 2.75) is 111 Å². The van der Waals surface area contributed by atoms with Gasteiger partial charge in [0, 0.05) is 12.3 Å². The molecule has 1 saturated heterocycles. The zero-order chi connectivity index (χ0) is 23.8. The molecule has 184 valence electrons. The fraction of sp³-hybridized carbons (Fsp3) is 0.833. The van der Waals surface area contributed by atoms with Crippen LogP contribution in [0.5, 0.6) is 0 Å². The second-order valence-electron chi connectivity index (χ2n) is 13.2. The molecule has 0 aromatic carbocycles. The van der Waals surface area contributed by atoms with Crippen molar-refractivity contribution in [3.63, 3.8) is 0 Å². The van der Waals surface area contributed by atoms with Crippen LogP contribution in [0.1, 0.15) is 93.4 Å². The van der Waals surface area contributed by atoms with Crippen molar-refractivity contribution in [3.05, 3.63) is 23.8 Å². The molecule has 0 bridgehead atoms. The Labute approximate surface area is 201 Å². The lowest BCUT2D eigenvalue weighted by Crippen LogP contribution is -2.56. The molecule has 3 nitrogen and oxygen atoms in total. The molecule has 1 heterocycles. The van der Waals surface area contributed by atoms with Gasteiger partial charge in [-0.3, -0.25) is 4.79 Å². The normalized spacial score (nSPS) is 47.8. The van der Waals surface area contributed by atoms with E-state index in [9.17, 15) is 4.79 Å². The van der Waals surface area contributed by atoms with E-state index in [0.717, 1.165) is 31.6 Å². The maximum Gasteiger partial charge on any atom is 0.302 e. The van der Waals surface area contributed by atoms with Crippen LogP contribution in [-0.2, 0) is 14.3 Å². The average molecular weight is 455 g/mol. The summed E-state index contributed by atoms with van der Waals surface area (Å²) in [4.78, 5) is 11.6. The van der Waals surface area contributed by atoms with Crippen LogP contribution in [-0.4, -0.2) is 23.8 Å². The van der Waals surface area contributed by atoms with Gasteiger partial charge in [-0.25, -0.2) is 0 Å². The first-order chi connectivity index (χ1) is 15.5. The summed E-state index contributed by atoms with van der Waals surface area (Å²) in [6.07, 6.45) is 16.2. The maximum absolute atomic E-state index is 11.6. The van der Waals surface area contributed by atoms with E-state index in [1.165, 1.54) is 19.3 Å². The van der Waals surface area contributed by atoms with Gasteiger partial charge in [-0.1, -0.05) is 59.8 Å². The second-order valence-corrected chi connectivity index (χ2v) is 13.2. The summed E-state index contributed by atoms with van der Waals surface area (Å²) in [5, 5.41) is 0. The molecule has 4 fully saturated rings. The fourth-order valence-electron chi connectivity index (χ4n) is 8.87. The van der Waals surface area contributed by atoms with Crippen molar-refractivity contribution in [1.82, 2.24) is 0 Å². The van der Waals surface area contributed by atoms with E-state index in [4.69, 9.17) is 9.47 Å². The third-order valence-electron chi connectivity index (χ3n) is 11.2. The van der Waals surface area contributed by atoms with Gasteiger partial charge in [0.05, 0.1) is 6.10 Å². The van der Waals surface area contributed by atoms with Crippen molar-refractivity contribution < 1.29 is 14.3 Å². The predicted molar refractivity (Wildman–Crippen MR) is 133 cm³/mol. The third kappa shape index (κ3) is 3.42. The summed E-state index contributed by atoms with van der Waals surface area (Å²) in [6, 6.07) is 0. The molecule has 0 radical (unpaired) electrons. The highest BCUT2D eigenvalue weighted by atomic mass is 16.6. The number of epoxide rings is 1. The van der Waals surface area contributed by atoms with Gasteiger partial charge in [-0.15, -0.1) is 0 Å². The molecule has 4 aliphatic carbocycles. The van der Waals surface area contributed by atoms with E-state index in [-0.39, 0.29) is 23.1 Å².